The zero-order valence-electron chi connectivity index (χ0n) is 11.4. The maximum Gasteiger partial charge on any atom is 0.237 e. The molecule has 3 unspecified atom stereocenters. The van der Waals surface area contributed by atoms with Crippen LogP contribution in [-0.4, -0.2) is 42.5 Å². The second-order valence-corrected chi connectivity index (χ2v) is 4.97. The lowest BCUT2D eigenvalue weighted by Gasteiger charge is -2.37. The highest BCUT2D eigenvalue weighted by Gasteiger charge is 2.28. The second kappa shape index (κ2) is 8.51. The van der Waals surface area contributed by atoms with Gasteiger partial charge in [-0.3, -0.25) is 9.69 Å². The third-order valence-corrected chi connectivity index (χ3v) is 3.58. The lowest BCUT2D eigenvalue weighted by Crippen LogP contribution is -2.51. The Balaban J connectivity index is 0.00000289. The summed E-state index contributed by atoms with van der Waals surface area (Å²) in [5.74, 6) is 0.591. The Kier molecular flexibility index (Phi) is 8.24. The van der Waals surface area contributed by atoms with Gasteiger partial charge < -0.3 is 11.1 Å². The number of amides is 1. The lowest BCUT2D eigenvalue weighted by molar-refractivity contribution is -0.126. The van der Waals surface area contributed by atoms with Gasteiger partial charge in [-0.1, -0.05) is 6.08 Å². The van der Waals surface area contributed by atoms with Crippen molar-refractivity contribution in [2.45, 2.75) is 38.8 Å². The zero-order chi connectivity index (χ0) is 12.8. The van der Waals surface area contributed by atoms with Gasteiger partial charge in [0, 0.05) is 19.1 Å². The van der Waals surface area contributed by atoms with E-state index in [4.69, 9.17) is 5.73 Å². The minimum Gasteiger partial charge on any atom is -0.351 e. The molecule has 1 aliphatic heterocycles. The van der Waals surface area contributed by atoms with Gasteiger partial charge in [0.2, 0.25) is 5.91 Å². The van der Waals surface area contributed by atoms with Crippen LogP contribution in [0.15, 0.2) is 12.7 Å². The molecule has 0 aromatic heterocycles. The van der Waals surface area contributed by atoms with Gasteiger partial charge in [-0.15, -0.1) is 19.0 Å². The summed E-state index contributed by atoms with van der Waals surface area (Å²) in [6.45, 7) is 10.1. The molecule has 0 aliphatic carbocycles. The molecular weight excluding hydrogens is 250 g/mol. The van der Waals surface area contributed by atoms with Crippen molar-refractivity contribution in [1.82, 2.24) is 10.2 Å². The predicted molar refractivity (Wildman–Crippen MR) is 77.9 cm³/mol. The van der Waals surface area contributed by atoms with Crippen molar-refractivity contribution in [3.05, 3.63) is 12.7 Å². The molecule has 0 spiro atoms. The molecular formula is C13H26ClN3O. The largest absolute Gasteiger partial charge is 0.351 e. The molecule has 0 aromatic rings. The molecule has 5 heteroatoms. The summed E-state index contributed by atoms with van der Waals surface area (Å²) in [5.41, 5.74) is 5.95. The Bertz CT molecular complexity index is 271. The maximum absolute atomic E-state index is 11.8. The average Bonchev–Trinajstić information content (AvgIpc) is 2.35. The molecule has 0 radical (unpaired) electrons. The molecule has 1 aliphatic rings. The van der Waals surface area contributed by atoms with Gasteiger partial charge in [0.1, 0.15) is 0 Å². The van der Waals surface area contributed by atoms with E-state index >= 15 is 0 Å². The minimum atomic E-state index is -0.0727. The van der Waals surface area contributed by atoms with Crippen molar-refractivity contribution >= 4 is 18.3 Å². The van der Waals surface area contributed by atoms with E-state index in [1.165, 1.54) is 6.42 Å². The molecule has 0 aromatic carbocycles. The Morgan fingerprint density at radius 3 is 2.83 bits per heavy atom. The monoisotopic (exact) mass is 275 g/mol. The fourth-order valence-corrected chi connectivity index (χ4v) is 2.31. The molecule has 1 heterocycles. The third kappa shape index (κ3) is 4.96. The topological polar surface area (TPSA) is 58.4 Å². The van der Waals surface area contributed by atoms with Crippen molar-refractivity contribution in [2.75, 3.05) is 19.6 Å². The molecule has 106 valence electrons. The number of rotatable bonds is 5. The number of piperidine rings is 1. The predicted octanol–water partition coefficient (Wildman–Crippen LogP) is 1.16. The molecule has 1 fully saturated rings. The molecule has 1 amide bonds. The molecule has 0 saturated carbocycles. The lowest BCUT2D eigenvalue weighted by atomic mass is 9.91. The van der Waals surface area contributed by atoms with Gasteiger partial charge in [0.15, 0.2) is 0 Å². The first-order valence-corrected chi connectivity index (χ1v) is 6.44. The van der Waals surface area contributed by atoms with E-state index in [2.05, 4.69) is 23.7 Å². The van der Waals surface area contributed by atoms with E-state index in [9.17, 15) is 4.79 Å². The standard InChI is InChI=1S/C13H25N3O.ClH/c1-4-7-15-13(17)11(3)16-8-5-6-12(9-16)10(2)14;/h4,10-12H,1,5-9,14H2,2-3H3,(H,15,17);1H. The van der Waals surface area contributed by atoms with Crippen LogP contribution >= 0.6 is 12.4 Å². The highest BCUT2D eigenvalue weighted by atomic mass is 35.5. The number of nitrogens with one attached hydrogen (secondary N) is 1. The summed E-state index contributed by atoms with van der Waals surface area (Å²) in [6, 6.07) is 0.137. The molecule has 1 rings (SSSR count). The Morgan fingerprint density at radius 1 is 1.61 bits per heavy atom. The van der Waals surface area contributed by atoms with E-state index in [1.807, 2.05) is 6.92 Å². The normalized spacial score (nSPS) is 23.6. The van der Waals surface area contributed by atoms with Crippen molar-refractivity contribution in [3.8, 4) is 0 Å². The van der Waals surface area contributed by atoms with Crippen LogP contribution in [0, 0.1) is 5.92 Å². The molecule has 3 N–H and O–H groups in total. The second-order valence-electron chi connectivity index (χ2n) is 4.97. The van der Waals surface area contributed by atoms with E-state index in [1.54, 1.807) is 6.08 Å². The van der Waals surface area contributed by atoms with Crippen LogP contribution in [0.2, 0.25) is 0 Å². The number of hydrogen-bond donors (Lipinski definition) is 2. The van der Waals surface area contributed by atoms with Crippen molar-refractivity contribution in [3.63, 3.8) is 0 Å². The van der Waals surface area contributed by atoms with Gasteiger partial charge in [0.05, 0.1) is 6.04 Å². The van der Waals surface area contributed by atoms with Crippen molar-refractivity contribution in [1.29, 1.82) is 0 Å². The van der Waals surface area contributed by atoms with E-state index in [0.29, 0.717) is 12.5 Å². The number of likely N-dealkylation sites (tertiary alicyclic amines) is 1. The van der Waals surface area contributed by atoms with Crippen LogP contribution < -0.4 is 11.1 Å². The van der Waals surface area contributed by atoms with Crippen LogP contribution in [0.25, 0.3) is 0 Å². The van der Waals surface area contributed by atoms with Gasteiger partial charge in [-0.2, -0.15) is 0 Å². The number of nitrogens with zero attached hydrogens (tertiary/aromatic N) is 1. The Labute approximate surface area is 116 Å². The number of halogens is 1. The SMILES string of the molecule is C=CCNC(=O)C(C)N1CCCC(C(C)N)C1.Cl. The fourth-order valence-electron chi connectivity index (χ4n) is 2.31. The van der Waals surface area contributed by atoms with Crippen LogP contribution in [0.5, 0.6) is 0 Å². The van der Waals surface area contributed by atoms with Crippen LogP contribution in [0.3, 0.4) is 0 Å². The maximum atomic E-state index is 11.8. The van der Waals surface area contributed by atoms with Gasteiger partial charge in [0.25, 0.3) is 0 Å². The molecule has 1 saturated heterocycles. The van der Waals surface area contributed by atoms with E-state index in [-0.39, 0.29) is 30.4 Å². The molecule has 18 heavy (non-hydrogen) atoms. The summed E-state index contributed by atoms with van der Waals surface area (Å²) in [4.78, 5) is 14.1. The van der Waals surface area contributed by atoms with Crippen LogP contribution in [0.1, 0.15) is 26.7 Å². The van der Waals surface area contributed by atoms with Gasteiger partial charge >= 0.3 is 0 Å². The number of hydrogen-bond acceptors (Lipinski definition) is 3. The Hall–Kier alpha value is -0.580. The van der Waals surface area contributed by atoms with E-state index < -0.39 is 0 Å². The summed E-state index contributed by atoms with van der Waals surface area (Å²) in [6.07, 6.45) is 4.01. The van der Waals surface area contributed by atoms with Gasteiger partial charge in [-0.05, 0) is 39.2 Å². The van der Waals surface area contributed by atoms with Crippen molar-refractivity contribution < 1.29 is 4.79 Å². The summed E-state index contributed by atoms with van der Waals surface area (Å²) in [7, 11) is 0. The quantitative estimate of drug-likeness (QED) is 0.741. The van der Waals surface area contributed by atoms with Crippen LogP contribution in [0.4, 0.5) is 0 Å². The smallest absolute Gasteiger partial charge is 0.237 e. The van der Waals surface area contributed by atoms with E-state index in [0.717, 1.165) is 19.5 Å². The number of carbonyl (C=O) groups excluding carboxylic acids is 1. The van der Waals surface area contributed by atoms with Crippen LogP contribution in [-0.2, 0) is 4.79 Å². The highest BCUT2D eigenvalue weighted by molar-refractivity contribution is 5.85. The molecule has 0 bridgehead atoms. The summed E-state index contributed by atoms with van der Waals surface area (Å²) in [5, 5.41) is 2.84. The first kappa shape index (κ1) is 17.4. The third-order valence-electron chi connectivity index (χ3n) is 3.58. The first-order chi connectivity index (χ1) is 8.06. The Morgan fingerprint density at radius 2 is 2.28 bits per heavy atom. The summed E-state index contributed by atoms with van der Waals surface area (Å²) < 4.78 is 0. The highest BCUT2D eigenvalue weighted by Crippen LogP contribution is 2.20. The molecule has 4 nitrogen and oxygen atoms in total. The number of nitrogens with two attached hydrogens (primary N) is 1. The summed E-state index contributed by atoms with van der Waals surface area (Å²) >= 11 is 0. The fraction of sp³-hybridized carbons (Fsp3) is 0.769. The minimum absolute atomic E-state index is 0. The van der Waals surface area contributed by atoms with Gasteiger partial charge in [-0.25, -0.2) is 0 Å². The zero-order valence-corrected chi connectivity index (χ0v) is 12.2. The average molecular weight is 276 g/mol. The molecule has 3 atom stereocenters. The van der Waals surface area contributed by atoms with Crippen molar-refractivity contribution in [2.24, 2.45) is 11.7 Å². The first-order valence-electron chi connectivity index (χ1n) is 6.44. The number of carbonyl (C=O) groups is 1.